The average Bonchev–Trinajstić information content (AvgIpc) is 1.96. The van der Waals surface area contributed by atoms with Gasteiger partial charge in [0.15, 0.2) is 17.5 Å². The summed E-state index contributed by atoms with van der Waals surface area (Å²) in [5, 5.41) is 59.7. The maximum Gasteiger partial charge on any atom is 0.276 e. The molecule has 89 heavy (non-hydrogen) atoms. The molecule has 3 saturated heterocycles. The zero-order chi connectivity index (χ0) is 63.4. The van der Waals surface area contributed by atoms with Crippen LogP contribution in [0.1, 0.15) is 95.8 Å². The van der Waals surface area contributed by atoms with Crippen LogP contribution in [0.15, 0.2) is 125 Å². The van der Waals surface area contributed by atoms with Crippen LogP contribution in [0, 0.1) is 34.0 Å². The van der Waals surface area contributed by atoms with Crippen LogP contribution in [0.4, 0.5) is 45.9 Å². The molecular formula is C58H64N18O10S3. The first kappa shape index (κ1) is 62.6. The second-order valence-corrected chi connectivity index (χ2v) is 28.3. The highest BCUT2D eigenvalue weighted by molar-refractivity contribution is 7.89. The minimum atomic E-state index is -3.94. The molecule has 31 heteroatoms. The molecule has 4 aromatic heterocycles. The molecule has 10 rings (SSSR count). The molecule has 3 aliphatic rings. The lowest BCUT2D eigenvalue weighted by atomic mass is 9.86. The monoisotopic (exact) mass is 1270 g/mol. The van der Waals surface area contributed by atoms with E-state index >= 15 is 0 Å². The van der Waals surface area contributed by atoms with E-state index in [1.165, 1.54) is 53.1 Å². The molecule has 0 spiro atoms. The van der Waals surface area contributed by atoms with Crippen molar-refractivity contribution in [3.05, 3.63) is 133 Å². The summed E-state index contributed by atoms with van der Waals surface area (Å²) in [5.41, 5.74) is 5.13. The molecular weight excluding hydrogens is 1200 g/mol. The number of hydrogen-bond donors (Lipinski definition) is 6. The number of nitrogens with one attached hydrogen (secondary N) is 5. The van der Waals surface area contributed by atoms with E-state index in [0.29, 0.717) is 22.7 Å². The molecule has 464 valence electrons. The number of para-hydroxylation sites is 1. The molecule has 7 aromatic rings. The van der Waals surface area contributed by atoms with Gasteiger partial charge < -0.3 is 36.7 Å². The third kappa shape index (κ3) is 13.2. The second-order valence-electron chi connectivity index (χ2n) is 22.2. The minimum Gasteiger partial charge on any atom is -0.452 e. The first-order valence-corrected chi connectivity index (χ1v) is 33.3. The van der Waals surface area contributed by atoms with Crippen LogP contribution in [-0.4, -0.2) is 137 Å². The van der Waals surface area contributed by atoms with Gasteiger partial charge in [0, 0.05) is 86.3 Å². The fraction of sp³-hybridized carbons (Fsp3) is 0.362. The maximum absolute atomic E-state index is 14.7. The number of anilines is 8. The Morgan fingerprint density at radius 3 is 1.42 bits per heavy atom. The van der Waals surface area contributed by atoms with Crippen LogP contribution in [0.3, 0.4) is 0 Å². The van der Waals surface area contributed by atoms with Crippen LogP contribution in [0.2, 0.25) is 0 Å². The zero-order valence-electron chi connectivity index (χ0n) is 48.5. The Kier molecular flexibility index (Phi) is 17.8. The third-order valence-electron chi connectivity index (χ3n) is 16.7. The number of carbonyl (C=O) groups is 3. The predicted molar refractivity (Wildman–Crippen MR) is 328 cm³/mol. The molecule has 7 heterocycles. The number of nitriles is 3. The van der Waals surface area contributed by atoms with Crippen LogP contribution in [-0.2, 0) is 46.7 Å². The number of piperidine rings is 3. The Morgan fingerprint density at radius 2 is 0.955 bits per heavy atom. The molecule has 0 atom stereocenters. The summed E-state index contributed by atoms with van der Waals surface area (Å²) in [7, 11) is -11.0. The third-order valence-corrected chi connectivity index (χ3v) is 21.7. The number of aromatic nitrogens is 6. The summed E-state index contributed by atoms with van der Waals surface area (Å²) in [6.45, 7) is 2.15. The number of hydrogen-bond acceptors (Lipinski definition) is 19. The number of nitrogens with two attached hydrogens (primary N) is 1. The molecule has 3 aliphatic heterocycles. The topological polar surface area (TPSA) is 387 Å². The summed E-state index contributed by atoms with van der Waals surface area (Å²) in [6.07, 6.45) is 8.10. The largest absolute Gasteiger partial charge is 0.452 e. The Morgan fingerprint density at radius 1 is 0.539 bits per heavy atom. The lowest BCUT2D eigenvalue weighted by Crippen LogP contribution is -2.48. The smallest absolute Gasteiger partial charge is 0.276 e. The van der Waals surface area contributed by atoms with Crippen molar-refractivity contribution in [2.75, 3.05) is 77.9 Å². The van der Waals surface area contributed by atoms with E-state index in [2.05, 4.69) is 49.9 Å². The van der Waals surface area contributed by atoms with Crippen molar-refractivity contribution >= 4 is 93.7 Å². The van der Waals surface area contributed by atoms with Crippen molar-refractivity contribution < 1.29 is 44.1 Å². The molecule has 0 bridgehead atoms. The van der Waals surface area contributed by atoms with E-state index in [-0.39, 0.29) is 148 Å². The van der Waals surface area contributed by atoms with Gasteiger partial charge in [-0.3, -0.25) is 28.4 Å². The van der Waals surface area contributed by atoms with E-state index in [0.717, 1.165) is 6.26 Å². The van der Waals surface area contributed by atoms with Gasteiger partial charge in [-0.25, -0.2) is 33.9 Å². The number of nitrogens with zero attached hydrogens (tertiary/aromatic N) is 12. The summed E-state index contributed by atoms with van der Waals surface area (Å²) >= 11 is 0. The van der Waals surface area contributed by atoms with E-state index in [1.807, 2.05) is 18.2 Å². The van der Waals surface area contributed by atoms with Crippen molar-refractivity contribution in [3.63, 3.8) is 0 Å². The number of carbonyl (C=O) groups excluding carboxylic acids is 3. The zero-order valence-corrected chi connectivity index (χ0v) is 51.0. The van der Waals surface area contributed by atoms with E-state index in [1.54, 1.807) is 78.5 Å². The van der Waals surface area contributed by atoms with Gasteiger partial charge in [0.05, 0.1) is 72.4 Å². The standard InChI is InChI=1S/C58H64N18O10S3/c1-3-88(82,83)72-32-23-57(19-28-60,24-33-72)75-40-48(55(79)67-45-12-7-11-44(37-45)65-51-46(50(62)77)38-74(68-51)56(18-27-59)21-30-71(31-22-56)87(2,80)81)53(70-75)64-42-14-16-43(17-15-42)66-54(78)47-39-76(69-52(47)63-41-9-5-4-6-10-41)58(20-29-61)25-34-73(35-26-58)89(84,85)49-13-8-36-86-49/h4-17,36-40H,3,18-26,30-35H2,1-2H3,(H2,62,77)(H,63,69)(H,64,70)(H,65,68)(H,66,78)(H,67,79). The Hall–Kier alpha value is -9.42. The van der Waals surface area contributed by atoms with Crippen LogP contribution >= 0.6 is 0 Å². The summed E-state index contributed by atoms with van der Waals surface area (Å²) < 4.78 is 91.2. The van der Waals surface area contributed by atoms with Gasteiger partial charge in [0.2, 0.25) is 25.1 Å². The highest BCUT2D eigenvalue weighted by Gasteiger charge is 2.44. The number of sulfonamides is 3. The van der Waals surface area contributed by atoms with Gasteiger partial charge >= 0.3 is 0 Å². The molecule has 0 aliphatic carbocycles. The molecule has 3 aromatic carbocycles. The number of primary amides is 1. The van der Waals surface area contributed by atoms with Crippen molar-refractivity contribution in [2.45, 2.75) is 86.4 Å². The summed E-state index contributed by atoms with van der Waals surface area (Å²) in [6, 6.07) is 31.6. The fourth-order valence-corrected chi connectivity index (χ4v) is 14.8. The van der Waals surface area contributed by atoms with Gasteiger partial charge in [0.25, 0.3) is 27.7 Å². The van der Waals surface area contributed by atoms with Gasteiger partial charge in [-0.05, 0) is 112 Å². The Bertz CT molecular complexity index is 4260. The molecule has 3 amide bonds. The summed E-state index contributed by atoms with van der Waals surface area (Å²) in [4.78, 5) is 41.9. The first-order valence-electron chi connectivity index (χ1n) is 28.4. The Balaban J connectivity index is 0.905. The average molecular weight is 1270 g/mol. The number of benzene rings is 3. The number of rotatable bonds is 22. The van der Waals surface area contributed by atoms with E-state index in [9.17, 15) is 55.4 Å². The molecule has 7 N–H and O–H groups in total. The van der Waals surface area contributed by atoms with Crippen molar-refractivity contribution in [3.8, 4) is 18.2 Å². The quantitative estimate of drug-likeness (QED) is 0.0421. The highest BCUT2D eigenvalue weighted by atomic mass is 32.2. The summed E-state index contributed by atoms with van der Waals surface area (Å²) in [5.74, 6) is -1.81. The minimum absolute atomic E-state index is 0.00217. The van der Waals surface area contributed by atoms with E-state index in [4.69, 9.17) is 20.3 Å². The SMILES string of the molecule is CCS(=O)(=O)N1CCC(CC#N)(n2cc(C(=O)Nc3cccc(Nc4nn(C5(CC#N)CCN(S(C)(=O)=O)CC5)cc4C(N)=O)c3)c(Nc3ccc(NC(=O)c4cn(C5(CC#N)CCN(S(=O)(=O)c6ccco6)CC5)nc4Nc4ccccc4)cc3)n2)CC1. The molecule has 0 saturated carbocycles. The van der Waals surface area contributed by atoms with E-state index < -0.39 is 64.4 Å². The maximum atomic E-state index is 14.7. The van der Waals surface area contributed by atoms with Gasteiger partial charge in [-0.1, -0.05) is 24.3 Å². The Labute approximate surface area is 514 Å². The van der Waals surface area contributed by atoms with Gasteiger partial charge in [-0.2, -0.15) is 35.4 Å². The normalized spacial score (nSPS) is 17.1. The molecule has 3 fully saturated rings. The van der Waals surface area contributed by atoms with Gasteiger partial charge in [0.1, 0.15) is 16.7 Å². The highest BCUT2D eigenvalue weighted by Crippen LogP contribution is 2.40. The number of furan rings is 1. The van der Waals surface area contributed by atoms with Crippen molar-refractivity contribution in [1.29, 1.82) is 15.8 Å². The lowest BCUT2D eigenvalue weighted by Gasteiger charge is -2.40. The molecule has 28 nitrogen and oxygen atoms in total. The fourth-order valence-electron chi connectivity index (χ4n) is 11.5. The second kappa shape index (κ2) is 25.4. The van der Waals surface area contributed by atoms with Crippen LogP contribution < -0.4 is 32.3 Å². The molecule has 0 radical (unpaired) electrons. The lowest BCUT2D eigenvalue weighted by molar-refractivity contribution is 0.0996. The van der Waals surface area contributed by atoms with Gasteiger partial charge in [-0.15, -0.1) is 0 Å². The van der Waals surface area contributed by atoms with Crippen molar-refractivity contribution in [1.82, 2.24) is 42.3 Å². The van der Waals surface area contributed by atoms with Crippen molar-refractivity contribution in [2.24, 2.45) is 5.73 Å². The first-order chi connectivity index (χ1) is 42.5. The van der Waals surface area contributed by atoms with Crippen LogP contribution in [0.5, 0.6) is 0 Å². The predicted octanol–water partition coefficient (Wildman–Crippen LogP) is 6.52. The number of amides is 3. The molecule has 0 unspecified atom stereocenters. The van der Waals surface area contributed by atoms with Crippen LogP contribution in [0.25, 0.3) is 0 Å².